The van der Waals surface area contributed by atoms with Crippen LogP contribution in [0, 0.1) is 0 Å². The van der Waals surface area contributed by atoms with Gasteiger partial charge in [0.1, 0.15) is 22.9 Å². The Morgan fingerprint density at radius 3 is 2.57 bits per heavy atom. The van der Waals surface area contributed by atoms with E-state index >= 15 is 0 Å². The number of amides is 1. The maximum atomic E-state index is 12.3. The molecule has 1 heterocycles. The molecule has 2 N–H and O–H groups in total. The Morgan fingerprint density at radius 2 is 1.82 bits per heavy atom. The summed E-state index contributed by atoms with van der Waals surface area (Å²) in [5.41, 5.74) is 4.79. The third kappa shape index (κ3) is 4.29. The summed E-state index contributed by atoms with van der Waals surface area (Å²) in [6, 6.07) is 14.3. The zero-order chi connectivity index (χ0) is 19.9. The van der Waals surface area contributed by atoms with Gasteiger partial charge in [0, 0.05) is 5.56 Å². The number of aromatic nitrogens is 2. The third-order valence-corrected chi connectivity index (χ3v) is 3.98. The molecule has 1 amide bonds. The average Bonchev–Trinajstić information content (AvgIpc) is 3.23. The fourth-order valence-corrected chi connectivity index (χ4v) is 2.54. The molecule has 8 heteroatoms. The van der Waals surface area contributed by atoms with Crippen LogP contribution in [0.1, 0.15) is 16.1 Å². The summed E-state index contributed by atoms with van der Waals surface area (Å²) in [5, 5.41) is 10.9. The number of ether oxygens (including phenoxy) is 3. The van der Waals surface area contributed by atoms with Crippen molar-refractivity contribution < 1.29 is 19.0 Å². The largest absolute Gasteiger partial charge is 0.497 e. The highest BCUT2D eigenvalue weighted by Gasteiger charge is 2.14. The van der Waals surface area contributed by atoms with Gasteiger partial charge < -0.3 is 14.2 Å². The van der Waals surface area contributed by atoms with Gasteiger partial charge in [-0.15, -0.1) is 0 Å². The van der Waals surface area contributed by atoms with Crippen molar-refractivity contribution in [3.63, 3.8) is 0 Å². The number of methoxy groups -OCH3 is 3. The maximum Gasteiger partial charge on any atom is 0.289 e. The highest BCUT2D eigenvalue weighted by atomic mass is 16.5. The number of carbonyl (C=O) groups is 1. The first kappa shape index (κ1) is 19.0. The molecule has 0 saturated carbocycles. The van der Waals surface area contributed by atoms with E-state index in [2.05, 4.69) is 20.7 Å². The van der Waals surface area contributed by atoms with Gasteiger partial charge in [0.05, 0.1) is 33.2 Å². The van der Waals surface area contributed by atoms with Crippen LogP contribution >= 0.6 is 0 Å². The van der Waals surface area contributed by atoms with E-state index < -0.39 is 5.91 Å². The molecule has 0 aliphatic carbocycles. The Kier molecular flexibility index (Phi) is 5.91. The van der Waals surface area contributed by atoms with Gasteiger partial charge in [0.2, 0.25) is 0 Å². The van der Waals surface area contributed by atoms with Gasteiger partial charge in [-0.25, -0.2) is 5.43 Å². The topological polar surface area (TPSA) is 97.8 Å². The number of benzene rings is 2. The summed E-state index contributed by atoms with van der Waals surface area (Å²) in [6.07, 6.45) is 1.53. The molecule has 28 heavy (non-hydrogen) atoms. The third-order valence-electron chi connectivity index (χ3n) is 3.98. The molecule has 3 rings (SSSR count). The summed E-state index contributed by atoms with van der Waals surface area (Å²) in [5.74, 6) is 1.57. The molecule has 1 aromatic heterocycles. The van der Waals surface area contributed by atoms with E-state index in [1.54, 1.807) is 51.7 Å². The molecule has 3 aromatic rings. The van der Waals surface area contributed by atoms with Crippen LogP contribution in [0.25, 0.3) is 11.3 Å². The molecule has 0 aliphatic heterocycles. The molecule has 0 atom stereocenters. The Labute approximate surface area is 162 Å². The van der Waals surface area contributed by atoms with E-state index in [-0.39, 0.29) is 5.69 Å². The van der Waals surface area contributed by atoms with Crippen LogP contribution in [0.2, 0.25) is 0 Å². The minimum Gasteiger partial charge on any atom is -0.497 e. The van der Waals surface area contributed by atoms with E-state index in [1.807, 2.05) is 18.2 Å². The van der Waals surface area contributed by atoms with E-state index in [1.165, 1.54) is 6.21 Å². The number of aromatic amines is 1. The lowest BCUT2D eigenvalue weighted by atomic mass is 10.1. The van der Waals surface area contributed by atoms with Crippen LogP contribution < -0.4 is 19.6 Å². The second kappa shape index (κ2) is 8.72. The fourth-order valence-electron chi connectivity index (χ4n) is 2.54. The summed E-state index contributed by atoms with van der Waals surface area (Å²) in [6.45, 7) is 0. The Bertz CT molecular complexity index is 997. The van der Waals surface area contributed by atoms with Gasteiger partial charge in [-0.2, -0.15) is 10.2 Å². The van der Waals surface area contributed by atoms with Gasteiger partial charge in [-0.3, -0.25) is 9.89 Å². The second-order valence-electron chi connectivity index (χ2n) is 5.71. The van der Waals surface area contributed by atoms with E-state index in [9.17, 15) is 4.79 Å². The number of H-pyrrole nitrogens is 1. The highest BCUT2D eigenvalue weighted by molar-refractivity contribution is 5.94. The van der Waals surface area contributed by atoms with Crippen LogP contribution in [-0.4, -0.2) is 43.6 Å². The van der Waals surface area contributed by atoms with Crippen molar-refractivity contribution in [2.24, 2.45) is 5.10 Å². The van der Waals surface area contributed by atoms with Gasteiger partial charge >= 0.3 is 0 Å². The molecule has 0 unspecified atom stereocenters. The molecule has 0 spiro atoms. The van der Waals surface area contributed by atoms with Crippen molar-refractivity contribution in [1.82, 2.24) is 15.6 Å². The fraction of sp³-hybridized carbons (Fsp3) is 0.150. The van der Waals surface area contributed by atoms with Crippen LogP contribution in [0.15, 0.2) is 53.6 Å². The van der Waals surface area contributed by atoms with Crippen LogP contribution in [0.5, 0.6) is 17.2 Å². The minimum absolute atomic E-state index is 0.266. The van der Waals surface area contributed by atoms with Crippen LogP contribution in [0.4, 0.5) is 0 Å². The van der Waals surface area contributed by atoms with E-state index in [0.717, 1.165) is 5.56 Å². The molecule has 0 aliphatic rings. The molecule has 144 valence electrons. The summed E-state index contributed by atoms with van der Waals surface area (Å²) >= 11 is 0. The minimum atomic E-state index is -0.417. The van der Waals surface area contributed by atoms with Crippen molar-refractivity contribution in [2.45, 2.75) is 0 Å². The maximum absolute atomic E-state index is 12.3. The number of nitrogens with one attached hydrogen (secondary N) is 2. The monoisotopic (exact) mass is 380 g/mol. The van der Waals surface area contributed by atoms with Gasteiger partial charge in [0.15, 0.2) is 0 Å². The van der Waals surface area contributed by atoms with Crippen molar-refractivity contribution in [1.29, 1.82) is 0 Å². The van der Waals surface area contributed by atoms with Gasteiger partial charge in [-0.1, -0.05) is 12.1 Å². The average molecular weight is 380 g/mol. The molecule has 0 saturated heterocycles. The lowest BCUT2D eigenvalue weighted by Gasteiger charge is -2.08. The molecular weight excluding hydrogens is 360 g/mol. The standard InChI is InChI=1S/C20H20N4O4/c1-26-14-6-4-5-13(9-14)12-21-24-20(25)18-11-17(22-23-18)16-10-15(27-2)7-8-19(16)28-3/h4-12H,1-3H3,(H,22,23)(H,24,25)/b21-12+. The summed E-state index contributed by atoms with van der Waals surface area (Å²) in [4.78, 5) is 12.3. The van der Waals surface area contributed by atoms with E-state index in [4.69, 9.17) is 14.2 Å². The number of hydrazone groups is 1. The second-order valence-corrected chi connectivity index (χ2v) is 5.71. The zero-order valence-electron chi connectivity index (χ0n) is 15.7. The Balaban J connectivity index is 1.73. The lowest BCUT2D eigenvalue weighted by Crippen LogP contribution is -2.18. The molecule has 0 bridgehead atoms. The van der Waals surface area contributed by atoms with Crippen molar-refractivity contribution >= 4 is 12.1 Å². The van der Waals surface area contributed by atoms with Gasteiger partial charge in [-0.05, 0) is 42.0 Å². The molecule has 2 aromatic carbocycles. The Hall–Kier alpha value is -3.81. The Morgan fingerprint density at radius 1 is 1.04 bits per heavy atom. The lowest BCUT2D eigenvalue weighted by molar-refractivity contribution is 0.0950. The summed E-state index contributed by atoms with van der Waals surface area (Å²) in [7, 11) is 4.74. The van der Waals surface area contributed by atoms with Crippen molar-refractivity contribution in [2.75, 3.05) is 21.3 Å². The molecular formula is C20H20N4O4. The first-order valence-electron chi connectivity index (χ1n) is 8.40. The number of rotatable bonds is 7. The van der Waals surface area contributed by atoms with Gasteiger partial charge in [0.25, 0.3) is 5.91 Å². The SMILES string of the molecule is COc1cccc(/C=N/NC(=O)c2cc(-c3cc(OC)ccc3OC)n[nH]2)c1. The predicted molar refractivity (Wildman–Crippen MR) is 105 cm³/mol. The normalized spacial score (nSPS) is 10.7. The first-order valence-corrected chi connectivity index (χ1v) is 8.40. The van der Waals surface area contributed by atoms with Crippen LogP contribution in [0.3, 0.4) is 0 Å². The van der Waals surface area contributed by atoms with Crippen LogP contribution in [-0.2, 0) is 0 Å². The van der Waals surface area contributed by atoms with Crippen molar-refractivity contribution in [3.8, 4) is 28.5 Å². The number of carbonyl (C=O) groups excluding carboxylic acids is 1. The number of hydrogen-bond acceptors (Lipinski definition) is 6. The zero-order valence-corrected chi connectivity index (χ0v) is 15.7. The molecule has 0 radical (unpaired) electrons. The predicted octanol–water partition coefficient (Wildman–Crippen LogP) is 2.87. The van der Waals surface area contributed by atoms with E-state index in [0.29, 0.717) is 28.5 Å². The highest BCUT2D eigenvalue weighted by Crippen LogP contribution is 2.32. The summed E-state index contributed by atoms with van der Waals surface area (Å²) < 4.78 is 15.7. The first-order chi connectivity index (χ1) is 13.6. The number of hydrogen-bond donors (Lipinski definition) is 2. The quantitative estimate of drug-likeness (QED) is 0.485. The molecule has 8 nitrogen and oxygen atoms in total. The number of nitrogens with zero attached hydrogens (tertiary/aromatic N) is 2. The smallest absolute Gasteiger partial charge is 0.289 e. The van der Waals surface area contributed by atoms with Crippen molar-refractivity contribution in [3.05, 3.63) is 59.8 Å². The molecule has 0 fully saturated rings.